The molecule has 1 heterocycles. The summed E-state index contributed by atoms with van der Waals surface area (Å²) in [5.74, 6) is 0. The van der Waals surface area contributed by atoms with Crippen molar-refractivity contribution in [1.29, 1.82) is 5.26 Å². The molecule has 0 aliphatic rings. The standard InChI is InChI=1S/C13H5BrCl4F4N2OS/c14-12-7(3-23)10(26(17,18,25)5-19)4-24(12)11-8(15)1-6(2-9(11)16)13(20,21)22/h1-2,4H,5H2. The van der Waals surface area contributed by atoms with Gasteiger partial charge in [-0.1, -0.05) is 23.2 Å². The fourth-order valence-electron chi connectivity index (χ4n) is 2.03. The fourth-order valence-corrected chi connectivity index (χ4v) is 5.06. The van der Waals surface area contributed by atoms with Crippen molar-refractivity contribution in [2.24, 2.45) is 0 Å². The molecule has 0 fully saturated rings. The molecule has 13 heteroatoms. The first-order valence-corrected chi connectivity index (χ1v) is 11.6. The number of benzene rings is 1. The molecule has 0 unspecified atom stereocenters. The minimum atomic E-state index is -5.06. The first-order valence-electron chi connectivity index (χ1n) is 6.24. The van der Waals surface area contributed by atoms with Crippen LogP contribution in [-0.2, 0) is 13.7 Å². The Labute approximate surface area is 171 Å². The maximum absolute atomic E-state index is 13.2. The normalized spacial score (nSPS) is 13.9. The zero-order chi connectivity index (χ0) is 20.1. The van der Waals surface area contributed by atoms with E-state index in [1.807, 2.05) is 0 Å². The van der Waals surface area contributed by atoms with Crippen molar-refractivity contribution >= 4 is 68.0 Å². The molecule has 0 amide bonds. The van der Waals surface area contributed by atoms with E-state index in [1.54, 1.807) is 6.07 Å². The lowest BCUT2D eigenvalue weighted by Crippen LogP contribution is -2.19. The highest BCUT2D eigenvalue weighted by Gasteiger charge is 2.40. The molecule has 0 bridgehead atoms. The molecule has 0 atom stereocenters. The van der Waals surface area contributed by atoms with Crippen LogP contribution in [0.3, 0.4) is 0 Å². The molecule has 2 rings (SSSR count). The summed E-state index contributed by atoms with van der Waals surface area (Å²) in [6.45, 7) is 0. The van der Waals surface area contributed by atoms with E-state index in [4.69, 9.17) is 44.6 Å². The van der Waals surface area contributed by atoms with E-state index in [0.717, 1.165) is 10.8 Å². The van der Waals surface area contributed by atoms with Gasteiger partial charge >= 0.3 is 6.18 Å². The van der Waals surface area contributed by atoms with Crippen LogP contribution in [0, 0.1) is 11.3 Å². The second-order valence-corrected chi connectivity index (χ2v) is 13.4. The maximum Gasteiger partial charge on any atom is 0.416 e. The molecule has 2 aromatic rings. The minimum Gasteiger partial charge on any atom is -0.306 e. The molecule has 142 valence electrons. The number of aromatic nitrogens is 1. The van der Waals surface area contributed by atoms with Crippen LogP contribution in [0.1, 0.15) is 11.1 Å². The molecular weight excluding hydrogens is 530 g/mol. The second-order valence-electron chi connectivity index (χ2n) is 4.94. The third-order valence-electron chi connectivity index (χ3n) is 3.20. The molecule has 1 aromatic carbocycles. The summed E-state index contributed by atoms with van der Waals surface area (Å²) in [7, 11) is 6.28. The monoisotopic (exact) mass is 532 g/mol. The Morgan fingerprint density at radius 1 is 1.23 bits per heavy atom. The van der Waals surface area contributed by atoms with E-state index < -0.39 is 40.2 Å². The van der Waals surface area contributed by atoms with Crippen LogP contribution in [0.5, 0.6) is 0 Å². The molecule has 0 radical (unpaired) electrons. The first kappa shape index (κ1) is 21.8. The van der Waals surface area contributed by atoms with E-state index in [2.05, 4.69) is 15.9 Å². The van der Waals surface area contributed by atoms with Crippen LogP contribution < -0.4 is 0 Å². The Balaban J connectivity index is 2.83. The van der Waals surface area contributed by atoms with Crippen LogP contribution in [0.15, 0.2) is 27.8 Å². The van der Waals surface area contributed by atoms with Crippen LogP contribution >= 0.6 is 60.5 Å². The molecule has 0 aliphatic carbocycles. The van der Waals surface area contributed by atoms with Crippen LogP contribution in [0.2, 0.25) is 10.0 Å². The van der Waals surface area contributed by atoms with Gasteiger partial charge in [-0.2, -0.15) is 18.4 Å². The van der Waals surface area contributed by atoms with E-state index in [9.17, 15) is 27.0 Å². The summed E-state index contributed by atoms with van der Waals surface area (Å²) in [5.41, 5.74) is -1.65. The Morgan fingerprint density at radius 2 is 1.73 bits per heavy atom. The van der Waals surface area contributed by atoms with E-state index in [-0.39, 0.29) is 15.9 Å². The number of halogens is 9. The van der Waals surface area contributed by atoms with E-state index in [0.29, 0.717) is 12.1 Å². The predicted octanol–water partition coefficient (Wildman–Crippen LogP) is 6.85. The molecular formula is C13H5BrCl4F4N2OS. The van der Waals surface area contributed by atoms with Gasteiger partial charge in [0.1, 0.15) is 16.2 Å². The molecule has 0 aliphatic heterocycles. The summed E-state index contributed by atoms with van der Waals surface area (Å²) in [6, 6.07) is 1.21. The summed E-state index contributed by atoms with van der Waals surface area (Å²) in [6.07, 6.45) is -3.76. The van der Waals surface area contributed by atoms with E-state index >= 15 is 0 Å². The SMILES string of the molecule is N#Cc1c(S(=O)(Cl)(Cl)CF)cn(-c2c(Cl)cc(C(F)(F)F)cc2Cl)c1Br. The van der Waals surface area contributed by atoms with Gasteiger partial charge in [-0.15, -0.1) is 0 Å². The van der Waals surface area contributed by atoms with Gasteiger partial charge in [0.2, 0.25) is 0 Å². The predicted molar refractivity (Wildman–Crippen MR) is 97.3 cm³/mol. The number of hydrogen-bond donors (Lipinski definition) is 0. The van der Waals surface area contributed by atoms with Crippen molar-refractivity contribution in [2.75, 3.05) is 6.01 Å². The lowest BCUT2D eigenvalue weighted by atomic mass is 10.2. The zero-order valence-electron chi connectivity index (χ0n) is 12.1. The van der Waals surface area contributed by atoms with Gasteiger partial charge in [0, 0.05) is 6.20 Å². The Bertz CT molecular complexity index is 986. The lowest BCUT2D eigenvalue weighted by molar-refractivity contribution is -0.137. The molecule has 0 N–H and O–H groups in total. The minimum absolute atomic E-state index is 0.118. The van der Waals surface area contributed by atoms with Crippen molar-refractivity contribution in [2.45, 2.75) is 11.1 Å². The van der Waals surface area contributed by atoms with Gasteiger partial charge in [-0.3, -0.25) is 0 Å². The molecule has 0 spiro atoms. The average molecular weight is 535 g/mol. The van der Waals surface area contributed by atoms with Gasteiger partial charge < -0.3 is 4.57 Å². The van der Waals surface area contributed by atoms with Crippen molar-refractivity contribution in [3.63, 3.8) is 0 Å². The molecule has 0 saturated carbocycles. The highest BCUT2D eigenvalue weighted by Crippen LogP contribution is 2.50. The summed E-state index contributed by atoms with van der Waals surface area (Å²) in [5, 5.41) is 8.40. The number of rotatable bonds is 3. The zero-order valence-corrected chi connectivity index (χ0v) is 17.5. The van der Waals surface area contributed by atoms with Crippen molar-refractivity contribution in [3.8, 4) is 11.8 Å². The third kappa shape index (κ3) is 3.86. The first-order chi connectivity index (χ1) is 11.7. The Hall–Kier alpha value is -0.500. The number of nitriles is 1. The summed E-state index contributed by atoms with van der Waals surface area (Å²) < 4.78 is 65.1. The topological polar surface area (TPSA) is 45.8 Å². The number of alkyl halides is 4. The van der Waals surface area contributed by atoms with Crippen LogP contribution in [0.25, 0.3) is 5.69 Å². The number of nitrogens with zero attached hydrogens (tertiary/aromatic N) is 2. The molecule has 0 saturated heterocycles. The highest BCUT2D eigenvalue weighted by molar-refractivity contribution is 9.10. The summed E-state index contributed by atoms with van der Waals surface area (Å²) in [4.78, 5) is -0.547. The largest absolute Gasteiger partial charge is 0.416 e. The molecule has 3 nitrogen and oxygen atoms in total. The smallest absolute Gasteiger partial charge is 0.306 e. The van der Waals surface area contributed by atoms with Crippen LogP contribution in [-0.4, -0.2) is 14.8 Å². The summed E-state index contributed by atoms with van der Waals surface area (Å²) >= 11 is 14.8. The number of hydrogen-bond acceptors (Lipinski definition) is 2. The van der Waals surface area contributed by atoms with E-state index in [1.165, 1.54) is 0 Å². The van der Waals surface area contributed by atoms with Crippen LogP contribution in [0.4, 0.5) is 17.6 Å². The quantitative estimate of drug-likeness (QED) is 0.319. The van der Waals surface area contributed by atoms with Crippen molar-refractivity contribution < 1.29 is 21.8 Å². The second kappa shape index (κ2) is 6.83. The van der Waals surface area contributed by atoms with Gasteiger partial charge in [0.25, 0.3) is 0 Å². The average Bonchev–Trinajstić information content (AvgIpc) is 2.83. The van der Waals surface area contributed by atoms with Gasteiger partial charge in [-0.05, 0) is 49.4 Å². The van der Waals surface area contributed by atoms with Gasteiger partial charge in [0.15, 0.2) is 6.01 Å². The lowest BCUT2D eigenvalue weighted by Gasteiger charge is -2.23. The molecule has 1 aromatic heterocycles. The van der Waals surface area contributed by atoms with Gasteiger partial charge in [-0.25, -0.2) is 8.60 Å². The maximum atomic E-state index is 13.2. The molecule has 26 heavy (non-hydrogen) atoms. The van der Waals surface area contributed by atoms with Gasteiger partial charge in [0.05, 0.1) is 33.7 Å². The third-order valence-corrected chi connectivity index (χ3v) is 7.54. The van der Waals surface area contributed by atoms with Crippen molar-refractivity contribution in [3.05, 3.63) is 44.1 Å². The van der Waals surface area contributed by atoms with Crippen molar-refractivity contribution in [1.82, 2.24) is 4.57 Å². The fraction of sp³-hybridized carbons (Fsp3) is 0.154. The highest BCUT2D eigenvalue weighted by atomic mass is 79.9. The Kier molecular flexibility index (Phi) is 5.73. The Morgan fingerprint density at radius 3 is 2.12 bits per heavy atom.